The third-order valence-corrected chi connectivity index (χ3v) is 6.29. The lowest BCUT2D eigenvalue weighted by Gasteiger charge is -2.29. The molecule has 1 amide bonds. The number of hydrogen-bond donors (Lipinski definition) is 2. The first-order valence-corrected chi connectivity index (χ1v) is 11.8. The summed E-state index contributed by atoms with van der Waals surface area (Å²) in [6.45, 7) is 2.03. The number of nitrogens with one attached hydrogen (secondary N) is 1. The lowest BCUT2D eigenvalue weighted by Crippen LogP contribution is -2.29. The molecular formula is C28H32ClN3O3. The van der Waals surface area contributed by atoms with Gasteiger partial charge in [0.1, 0.15) is 0 Å². The zero-order valence-electron chi connectivity index (χ0n) is 20.0. The van der Waals surface area contributed by atoms with E-state index in [1.165, 1.54) is 31.9 Å². The van der Waals surface area contributed by atoms with Gasteiger partial charge in [-0.3, -0.25) is 4.79 Å². The molecule has 1 saturated heterocycles. The SMILES string of the molecule is COC(=O)c1ccc(CCc2ccc(NC(=O)c3cc(N4CCCCC4)ccc3N)cc2)cc1.Cl. The van der Waals surface area contributed by atoms with E-state index in [1.807, 2.05) is 54.6 Å². The number of amides is 1. The Labute approximate surface area is 212 Å². The molecule has 0 spiro atoms. The fourth-order valence-corrected chi connectivity index (χ4v) is 4.26. The van der Waals surface area contributed by atoms with E-state index in [1.54, 1.807) is 12.1 Å². The summed E-state index contributed by atoms with van der Waals surface area (Å²) in [4.78, 5) is 26.8. The number of carbonyl (C=O) groups is 2. The van der Waals surface area contributed by atoms with Crippen molar-refractivity contribution < 1.29 is 14.3 Å². The number of ether oxygens (including phenoxy) is 1. The maximum absolute atomic E-state index is 12.9. The average Bonchev–Trinajstić information content (AvgIpc) is 2.89. The molecule has 0 saturated carbocycles. The summed E-state index contributed by atoms with van der Waals surface area (Å²) < 4.78 is 4.73. The summed E-state index contributed by atoms with van der Waals surface area (Å²) in [5.74, 6) is -0.529. The molecule has 7 heteroatoms. The molecule has 1 fully saturated rings. The van der Waals surface area contributed by atoms with Crippen molar-refractivity contribution in [3.63, 3.8) is 0 Å². The standard InChI is InChI=1S/C28H31N3O3.ClH/c1-34-28(33)22-11-7-20(8-12-22)5-6-21-9-13-23(14-10-21)30-27(32)25-19-24(15-16-26(25)29)31-17-3-2-4-18-31;/h7-16,19H,2-6,17-18,29H2,1H3,(H,30,32);1H. The van der Waals surface area contributed by atoms with Crippen LogP contribution >= 0.6 is 12.4 Å². The van der Waals surface area contributed by atoms with Crippen molar-refractivity contribution in [1.82, 2.24) is 0 Å². The molecule has 1 heterocycles. The Morgan fingerprint density at radius 2 is 1.49 bits per heavy atom. The first-order chi connectivity index (χ1) is 16.5. The van der Waals surface area contributed by atoms with Crippen LogP contribution in [0.5, 0.6) is 0 Å². The van der Waals surface area contributed by atoms with Gasteiger partial charge in [0.05, 0.1) is 18.2 Å². The summed E-state index contributed by atoms with van der Waals surface area (Å²) in [6, 6.07) is 21.0. The smallest absolute Gasteiger partial charge is 0.337 e. The van der Waals surface area contributed by atoms with Gasteiger partial charge in [-0.2, -0.15) is 0 Å². The highest BCUT2D eigenvalue weighted by Crippen LogP contribution is 2.25. The van der Waals surface area contributed by atoms with Crippen molar-refractivity contribution >= 4 is 41.3 Å². The van der Waals surface area contributed by atoms with Crippen molar-refractivity contribution in [3.8, 4) is 0 Å². The molecule has 3 aromatic rings. The number of benzene rings is 3. The Kier molecular flexibility index (Phi) is 9.15. The monoisotopic (exact) mass is 493 g/mol. The minimum atomic E-state index is -0.329. The van der Waals surface area contributed by atoms with Gasteiger partial charge in [0.2, 0.25) is 0 Å². The zero-order chi connectivity index (χ0) is 23.9. The van der Waals surface area contributed by atoms with Crippen LogP contribution in [0.3, 0.4) is 0 Å². The predicted octanol–water partition coefficient (Wildman–Crippen LogP) is 5.51. The van der Waals surface area contributed by atoms with E-state index in [-0.39, 0.29) is 24.3 Å². The quantitative estimate of drug-likeness (QED) is 0.335. The fraction of sp³-hybridized carbons (Fsp3) is 0.286. The number of carbonyl (C=O) groups excluding carboxylic acids is 2. The number of halogens is 1. The lowest BCUT2D eigenvalue weighted by atomic mass is 10.0. The van der Waals surface area contributed by atoms with E-state index in [9.17, 15) is 9.59 Å². The normalized spacial score (nSPS) is 13.0. The summed E-state index contributed by atoms with van der Waals surface area (Å²) in [5.41, 5.74) is 11.8. The molecule has 4 rings (SSSR count). The number of anilines is 3. The van der Waals surface area contributed by atoms with Crippen LogP contribution in [0.15, 0.2) is 66.7 Å². The number of nitrogens with zero attached hydrogens (tertiary/aromatic N) is 1. The maximum atomic E-state index is 12.9. The van der Waals surface area contributed by atoms with Crippen molar-refractivity contribution in [1.29, 1.82) is 0 Å². The van der Waals surface area contributed by atoms with Crippen molar-refractivity contribution in [2.75, 3.05) is 36.1 Å². The number of nitrogens with two attached hydrogens (primary N) is 1. The van der Waals surface area contributed by atoms with Gasteiger partial charge >= 0.3 is 5.97 Å². The van der Waals surface area contributed by atoms with Gasteiger partial charge in [0, 0.05) is 30.2 Å². The van der Waals surface area contributed by atoms with Crippen LogP contribution < -0.4 is 16.0 Å². The molecule has 0 aliphatic carbocycles. The minimum absolute atomic E-state index is 0. The molecule has 3 N–H and O–H groups in total. The molecular weight excluding hydrogens is 462 g/mol. The first kappa shape index (κ1) is 26.1. The van der Waals surface area contributed by atoms with Gasteiger partial charge in [-0.1, -0.05) is 24.3 Å². The first-order valence-electron chi connectivity index (χ1n) is 11.8. The van der Waals surface area contributed by atoms with Crippen molar-refractivity contribution in [2.45, 2.75) is 32.1 Å². The second-order valence-corrected chi connectivity index (χ2v) is 8.66. The van der Waals surface area contributed by atoms with Gasteiger partial charge in [-0.05, 0) is 85.7 Å². The fourth-order valence-electron chi connectivity index (χ4n) is 4.26. The molecule has 0 bridgehead atoms. The van der Waals surface area contributed by atoms with Crippen LogP contribution in [0.4, 0.5) is 17.1 Å². The van der Waals surface area contributed by atoms with E-state index in [4.69, 9.17) is 10.5 Å². The highest BCUT2D eigenvalue weighted by atomic mass is 35.5. The highest BCUT2D eigenvalue weighted by molar-refractivity contribution is 6.08. The Morgan fingerprint density at radius 1 is 0.886 bits per heavy atom. The van der Waals surface area contributed by atoms with Crippen LogP contribution in [0.25, 0.3) is 0 Å². The molecule has 0 radical (unpaired) electrons. The molecule has 1 aliphatic rings. The second kappa shape index (κ2) is 12.3. The molecule has 3 aromatic carbocycles. The van der Waals surface area contributed by atoms with E-state index in [0.717, 1.165) is 42.9 Å². The zero-order valence-corrected chi connectivity index (χ0v) is 20.8. The molecule has 0 aromatic heterocycles. The molecule has 0 unspecified atom stereocenters. The number of piperidine rings is 1. The van der Waals surface area contributed by atoms with Crippen molar-refractivity contribution in [2.24, 2.45) is 0 Å². The Balaban J connectivity index is 0.00000342. The Morgan fingerprint density at radius 3 is 2.09 bits per heavy atom. The largest absolute Gasteiger partial charge is 0.465 e. The number of aryl methyl sites for hydroxylation is 2. The van der Waals surface area contributed by atoms with Crippen LogP contribution in [0, 0.1) is 0 Å². The van der Waals surface area contributed by atoms with Crippen LogP contribution in [0.1, 0.15) is 51.1 Å². The summed E-state index contributed by atoms with van der Waals surface area (Å²) in [5, 5.41) is 2.97. The van der Waals surface area contributed by atoms with Gasteiger partial charge in [0.25, 0.3) is 5.91 Å². The van der Waals surface area contributed by atoms with Crippen LogP contribution in [-0.2, 0) is 17.6 Å². The molecule has 1 aliphatic heterocycles. The Bertz CT molecular complexity index is 1140. The molecule has 0 atom stereocenters. The summed E-state index contributed by atoms with van der Waals surface area (Å²) in [6.07, 6.45) is 5.33. The maximum Gasteiger partial charge on any atom is 0.337 e. The predicted molar refractivity (Wildman–Crippen MR) is 144 cm³/mol. The van der Waals surface area contributed by atoms with Gasteiger partial charge < -0.3 is 20.7 Å². The number of nitrogen functional groups attached to an aromatic ring is 1. The van der Waals surface area contributed by atoms with Gasteiger partial charge in [-0.25, -0.2) is 4.79 Å². The third-order valence-electron chi connectivity index (χ3n) is 6.29. The average molecular weight is 494 g/mol. The number of esters is 1. The Hall–Kier alpha value is -3.51. The lowest BCUT2D eigenvalue weighted by molar-refractivity contribution is 0.0600. The molecule has 6 nitrogen and oxygen atoms in total. The molecule has 35 heavy (non-hydrogen) atoms. The number of rotatable bonds is 7. The molecule has 184 valence electrons. The second-order valence-electron chi connectivity index (χ2n) is 8.66. The summed E-state index contributed by atoms with van der Waals surface area (Å²) in [7, 11) is 1.38. The van der Waals surface area contributed by atoms with E-state index in [2.05, 4.69) is 10.2 Å². The van der Waals surface area contributed by atoms with Crippen molar-refractivity contribution in [3.05, 3.63) is 89.0 Å². The number of methoxy groups -OCH3 is 1. The van der Waals surface area contributed by atoms with Gasteiger partial charge in [-0.15, -0.1) is 12.4 Å². The van der Waals surface area contributed by atoms with Crippen LogP contribution in [0.2, 0.25) is 0 Å². The van der Waals surface area contributed by atoms with E-state index in [0.29, 0.717) is 16.8 Å². The van der Waals surface area contributed by atoms with E-state index >= 15 is 0 Å². The topological polar surface area (TPSA) is 84.7 Å². The van der Waals surface area contributed by atoms with E-state index < -0.39 is 0 Å². The number of hydrogen-bond acceptors (Lipinski definition) is 5. The van der Waals surface area contributed by atoms with Crippen LogP contribution in [-0.4, -0.2) is 32.1 Å². The third kappa shape index (κ3) is 6.76. The minimum Gasteiger partial charge on any atom is -0.465 e. The summed E-state index contributed by atoms with van der Waals surface area (Å²) >= 11 is 0. The van der Waals surface area contributed by atoms with Gasteiger partial charge in [0.15, 0.2) is 0 Å². The highest BCUT2D eigenvalue weighted by Gasteiger charge is 2.16.